The highest BCUT2D eigenvalue weighted by molar-refractivity contribution is 4.89. The van der Waals surface area contributed by atoms with Crippen LogP contribution in [0.1, 0.15) is 19.8 Å². The molecule has 0 spiro atoms. The number of nitrogens with one attached hydrogen (secondary N) is 1. The summed E-state index contributed by atoms with van der Waals surface area (Å²) in [7, 11) is 0. The van der Waals surface area contributed by atoms with Gasteiger partial charge in [-0.2, -0.15) is 18.4 Å². The molecule has 3 nitrogen and oxygen atoms in total. The van der Waals surface area contributed by atoms with Gasteiger partial charge in [-0.15, -0.1) is 0 Å². The van der Waals surface area contributed by atoms with Crippen molar-refractivity contribution in [2.24, 2.45) is 11.8 Å². The molecule has 0 amide bonds. The van der Waals surface area contributed by atoms with Crippen molar-refractivity contribution in [1.82, 2.24) is 5.32 Å². The van der Waals surface area contributed by atoms with Gasteiger partial charge in [-0.05, 0) is 18.9 Å². The summed E-state index contributed by atoms with van der Waals surface area (Å²) >= 11 is 0. The first-order valence-electron chi connectivity index (χ1n) is 5.23. The van der Waals surface area contributed by atoms with Crippen LogP contribution in [0, 0.1) is 23.2 Å². The molecule has 94 valence electrons. The van der Waals surface area contributed by atoms with E-state index in [9.17, 15) is 13.2 Å². The summed E-state index contributed by atoms with van der Waals surface area (Å²) in [6.07, 6.45) is -3.12. The highest BCUT2D eigenvalue weighted by Gasteiger charge is 2.39. The summed E-state index contributed by atoms with van der Waals surface area (Å²) in [5.41, 5.74) is 0. The highest BCUT2D eigenvalue weighted by Crippen LogP contribution is 2.24. The highest BCUT2D eigenvalue weighted by atomic mass is 19.4. The van der Waals surface area contributed by atoms with Gasteiger partial charge < -0.3 is 10.4 Å². The molecule has 2 unspecified atom stereocenters. The van der Waals surface area contributed by atoms with Gasteiger partial charge in [-0.3, -0.25) is 0 Å². The van der Waals surface area contributed by atoms with Gasteiger partial charge in [0.15, 0.2) is 5.92 Å². The van der Waals surface area contributed by atoms with E-state index >= 15 is 0 Å². The topological polar surface area (TPSA) is 56.0 Å². The average molecular weight is 238 g/mol. The summed E-state index contributed by atoms with van der Waals surface area (Å²) in [4.78, 5) is 0. The number of alkyl halides is 3. The summed E-state index contributed by atoms with van der Waals surface area (Å²) in [6.45, 7) is 1.95. The largest absolute Gasteiger partial charge is 0.405 e. The monoisotopic (exact) mass is 238 g/mol. The molecule has 0 fully saturated rings. The van der Waals surface area contributed by atoms with Gasteiger partial charge in [-0.25, -0.2) is 0 Å². The van der Waals surface area contributed by atoms with Crippen molar-refractivity contribution in [2.45, 2.75) is 25.9 Å². The lowest BCUT2D eigenvalue weighted by molar-refractivity contribution is -0.157. The van der Waals surface area contributed by atoms with Crippen molar-refractivity contribution in [2.75, 3.05) is 19.7 Å². The molecule has 0 aromatic heterocycles. The van der Waals surface area contributed by atoms with Crippen LogP contribution >= 0.6 is 0 Å². The van der Waals surface area contributed by atoms with Gasteiger partial charge in [0.1, 0.15) is 0 Å². The van der Waals surface area contributed by atoms with Crippen LogP contribution in [0.4, 0.5) is 13.2 Å². The quantitative estimate of drug-likeness (QED) is 0.709. The van der Waals surface area contributed by atoms with Crippen molar-refractivity contribution in [1.29, 1.82) is 5.26 Å². The first-order chi connectivity index (χ1) is 7.45. The Balaban J connectivity index is 3.91. The minimum absolute atomic E-state index is 0.0289. The van der Waals surface area contributed by atoms with Crippen molar-refractivity contribution >= 4 is 0 Å². The SMILES string of the molecule is CCC(CCO)CNCC(C#N)C(F)(F)F. The van der Waals surface area contributed by atoms with Crippen molar-refractivity contribution < 1.29 is 18.3 Å². The van der Waals surface area contributed by atoms with Crippen LogP contribution < -0.4 is 5.32 Å². The van der Waals surface area contributed by atoms with E-state index in [4.69, 9.17) is 10.4 Å². The zero-order valence-corrected chi connectivity index (χ0v) is 9.22. The Morgan fingerprint density at radius 2 is 2.00 bits per heavy atom. The number of halogens is 3. The van der Waals surface area contributed by atoms with Crippen LogP contribution in [0.15, 0.2) is 0 Å². The number of nitriles is 1. The van der Waals surface area contributed by atoms with Gasteiger partial charge in [0.05, 0.1) is 6.07 Å². The fourth-order valence-corrected chi connectivity index (χ4v) is 1.30. The van der Waals surface area contributed by atoms with Crippen LogP contribution in [0.3, 0.4) is 0 Å². The van der Waals surface area contributed by atoms with E-state index in [1.54, 1.807) is 0 Å². The third-order valence-corrected chi connectivity index (χ3v) is 2.45. The van der Waals surface area contributed by atoms with Crippen molar-refractivity contribution in [3.8, 4) is 6.07 Å². The second kappa shape index (κ2) is 7.47. The van der Waals surface area contributed by atoms with Crippen molar-refractivity contribution in [3.63, 3.8) is 0 Å². The Hall–Kier alpha value is -0.800. The van der Waals surface area contributed by atoms with Crippen LogP contribution in [-0.4, -0.2) is 31.0 Å². The lowest BCUT2D eigenvalue weighted by atomic mass is 10.0. The maximum Gasteiger partial charge on any atom is 0.405 e. The Bertz CT molecular complexity index is 225. The molecule has 0 aliphatic heterocycles. The first kappa shape index (κ1) is 15.2. The number of rotatable bonds is 7. The van der Waals surface area contributed by atoms with Gasteiger partial charge in [0.2, 0.25) is 0 Å². The summed E-state index contributed by atoms with van der Waals surface area (Å²) < 4.78 is 36.5. The lowest BCUT2D eigenvalue weighted by Crippen LogP contribution is -2.35. The van der Waals surface area contributed by atoms with Crippen LogP contribution in [0.2, 0.25) is 0 Å². The smallest absolute Gasteiger partial charge is 0.396 e. The predicted octanol–water partition coefficient (Wildman–Crippen LogP) is 1.69. The van der Waals surface area contributed by atoms with E-state index < -0.39 is 12.1 Å². The zero-order valence-electron chi connectivity index (χ0n) is 9.22. The molecule has 0 saturated carbocycles. The normalized spacial score (nSPS) is 15.5. The number of hydrogen-bond acceptors (Lipinski definition) is 3. The fraction of sp³-hybridized carbons (Fsp3) is 0.900. The van der Waals surface area contributed by atoms with Gasteiger partial charge in [0, 0.05) is 13.2 Å². The third-order valence-electron chi connectivity index (χ3n) is 2.45. The van der Waals surface area contributed by atoms with E-state index in [0.717, 1.165) is 6.42 Å². The number of nitrogens with zero attached hydrogens (tertiary/aromatic N) is 1. The van der Waals surface area contributed by atoms with Crippen LogP contribution in [0.25, 0.3) is 0 Å². The van der Waals surface area contributed by atoms with Crippen molar-refractivity contribution in [3.05, 3.63) is 0 Å². The predicted molar refractivity (Wildman–Crippen MR) is 53.5 cm³/mol. The summed E-state index contributed by atoms with van der Waals surface area (Å²) in [5, 5.41) is 19.7. The Morgan fingerprint density at radius 3 is 2.38 bits per heavy atom. The molecule has 0 aliphatic carbocycles. The molecule has 0 bridgehead atoms. The lowest BCUT2D eigenvalue weighted by Gasteiger charge is -2.17. The van der Waals surface area contributed by atoms with Crippen LogP contribution in [-0.2, 0) is 0 Å². The Labute approximate surface area is 93.3 Å². The second-order valence-electron chi connectivity index (χ2n) is 3.67. The standard InChI is InChI=1S/C10H17F3N2O/c1-2-8(3-4-16)6-15-7-9(5-14)10(11,12)13/h8-9,15-16H,2-4,6-7H2,1H3. The Morgan fingerprint density at radius 1 is 1.38 bits per heavy atom. The minimum Gasteiger partial charge on any atom is -0.396 e. The van der Waals surface area contributed by atoms with E-state index in [2.05, 4.69) is 5.32 Å². The molecule has 6 heteroatoms. The second-order valence-corrected chi connectivity index (χ2v) is 3.67. The molecule has 2 atom stereocenters. The molecule has 2 N–H and O–H groups in total. The number of aliphatic hydroxyl groups excluding tert-OH is 1. The maximum atomic E-state index is 12.2. The van der Waals surface area contributed by atoms with Gasteiger partial charge in [0.25, 0.3) is 0 Å². The minimum atomic E-state index is -4.47. The molecular formula is C10H17F3N2O. The molecule has 0 radical (unpaired) electrons. The molecule has 0 aliphatic rings. The summed E-state index contributed by atoms with van der Waals surface area (Å²) in [6, 6.07) is 1.23. The van der Waals surface area contributed by atoms with Gasteiger partial charge >= 0.3 is 6.18 Å². The molecule has 0 heterocycles. The molecule has 0 rings (SSSR count). The molecule has 0 aromatic carbocycles. The number of aliphatic hydroxyl groups is 1. The first-order valence-corrected chi connectivity index (χ1v) is 5.23. The molecule has 0 saturated heterocycles. The number of hydrogen-bond donors (Lipinski definition) is 2. The van der Waals surface area contributed by atoms with E-state index in [-0.39, 0.29) is 19.1 Å². The van der Waals surface area contributed by atoms with Gasteiger partial charge in [-0.1, -0.05) is 13.3 Å². The van der Waals surface area contributed by atoms with Crippen LogP contribution in [0.5, 0.6) is 0 Å². The zero-order chi connectivity index (χ0) is 12.6. The summed E-state index contributed by atoms with van der Waals surface area (Å²) in [5.74, 6) is -1.81. The van der Waals surface area contributed by atoms with E-state index in [0.29, 0.717) is 13.0 Å². The maximum absolute atomic E-state index is 12.2. The van der Waals surface area contributed by atoms with E-state index in [1.165, 1.54) is 6.07 Å². The van der Waals surface area contributed by atoms with E-state index in [1.807, 2.05) is 6.92 Å². The Kier molecular flexibility index (Phi) is 7.10. The third kappa shape index (κ3) is 5.93. The average Bonchev–Trinajstić information content (AvgIpc) is 2.20. The molecular weight excluding hydrogens is 221 g/mol. The fourth-order valence-electron chi connectivity index (χ4n) is 1.30. The molecule has 0 aromatic rings. The molecule has 16 heavy (non-hydrogen) atoms.